The molecular weight excluding hydrogens is 194 g/mol. The average Bonchev–Trinajstić information content (AvgIpc) is 2.66. The van der Waals surface area contributed by atoms with E-state index in [1.54, 1.807) is 0 Å². The fourth-order valence-corrected chi connectivity index (χ4v) is 1.38. The van der Waals surface area contributed by atoms with E-state index >= 15 is 0 Å². The first kappa shape index (κ1) is 9.67. The number of hydrogen-bond acceptors (Lipinski definition) is 4. The summed E-state index contributed by atoms with van der Waals surface area (Å²) in [6, 6.07) is 7.47. The third kappa shape index (κ3) is 2.13. The molecule has 1 aliphatic rings. The molecule has 0 radical (unpaired) electrons. The minimum atomic E-state index is -0.471. The van der Waals surface area contributed by atoms with Crippen molar-refractivity contribution in [2.45, 2.75) is 12.5 Å². The Bertz CT molecular complexity index is 386. The Morgan fingerprint density at radius 3 is 2.67 bits per heavy atom. The summed E-state index contributed by atoms with van der Waals surface area (Å²) in [5.74, 6) is 5.01. The number of nitrogens with two attached hydrogens (primary N) is 1. The zero-order chi connectivity index (χ0) is 10.7. The van der Waals surface area contributed by atoms with E-state index in [1.807, 2.05) is 24.3 Å². The third-order valence-corrected chi connectivity index (χ3v) is 2.22. The van der Waals surface area contributed by atoms with Gasteiger partial charge in [-0.25, -0.2) is 0 Å². The third-order valence-electron chi connectivity index (χ3n) is 2.22. The fourth-order valence-electron chi connectivity index (χ4n) is 1.38. The summed E-state index contributed by atoms with van der Waals surface area (Å²) < 4.78 is 5.04. The molecule has 5 nitrogen and oxygen atoms in total. The predicted octanol–water partition coefficient (Wildman–Crippen LogP) is 0.468. The molecule has 0 fully saturated rings. The molecule has 0 saturated heterocycles. The second-order valence-corrected chi connectivity index (χ2v) is 3.24. The smallest absolute Gasteiger partial charge is 0.289 e. The lowest BCUT2D eigenvalue weighted by molar-refractivity contribution is -0.122. The molecule has 15 heavy (non-hydrogen) atoms. The van der Waals surface area contributed by atoms with Crippen molar-refractivity contribution in [3.05, 3.63) is 29.8 Å². The molecule has 1 atom stereocenters. The number of hydrazine groups is 1. The Balaban J connectivity index is 2.02. The average molecular weight is 205 g/mol. The highest BCUT2D eigenvalue weighted by Gasteiger charge is 2.23. The van der Waals surface area contributed by atoms with E-state index in [4.69, 9.17) is 10.6 Å². The Morgan fingerprint density at radius 1 is 1.40 bits per heavy atom. The van der Waals surface area contributed by atoms with E-state index in [0.717, 1.165) is 11.3 Å². The molecule has 1 aliphatic heterocycles. The van der Waals surface area contributed by atoms with Crippen LogP contribution in [-0.4, -0.2) is 18.4 Å². The van der Waals surface area contributed by atoms with Gasteiger partial charge in [0, 0.05) is 12.1 Å². The van der Waals surface area contributed by atoms with Gasteiger partial charge in [0.25, 0.3) is 5.91 Å². The van der Waals surface area contributed by atoms with Gasteiger partial charge in [0.05, 0.1) is 0 Å². The number of hydrogen-bond donors (Lipinski definition) is 2. The Morgan fingerprint density at radius 2 is 2.13 bits per heavy atom. The Kier molecular flexibility index (Phi) is 2.64. The Labute approximate surface area is 86.9 Å². The van der Waals surface area contributed by atoms with E-state index < -0.39 is 6.10 Å². The van der Waals surface area contributed by atoms with E-state index in [0.29, 0.717) is 6.42 Å². The first-order valence-corrected chi connectivity index (χ1v) is 4.57. The number of carbonyl (C=O) groups is 1. The zero-order valence-electron chi connectivity index (χ0n) is 8.01. The standard InChI is InChI=1S/C10H11N3O2/c11-13-8-3-1-7(2-4-8)5-9-10(14)12-6-15-9/h1-4,6,9,13H,5,11H2. The predicted molar refractivity (Wildman–Crippen MR) is 56.3 cm³/mol. The van der Waals surface area contributed by atoms with Crippen molar-refractivity contribution in [2.24, 2.45) is 10.8 Å². The summed E-state index contributed by atoms with van der Waals surface area (Å²) in [5, 5.41) is 0. The molecule has 3 N–H and O–H groups in total. The monoisotopic (exact) mass is 205 g/mol. The lowest BCUT2D eigenvalue weighted by atomic mass is 10.1. The van der Waals surface area contributed by atoms with Crippen molar-refractivity contribution < 1.29 is 9.53 Å². The molecule has 1 aromatic rings. The van der Waals surface area contributed by atoms with Crippen molar-refractivity contribution in [2.75, 3.05) is 5.43 Å². The first-order chi connectivity index (χ1) is 7.29. The topological polar surface area (TPSA) is 76.7 Å². The van der Waals surface area contributed by atoms with Crippen molar-refractivity contribution in [3.63, 3.8) is 0 Å². The highest BCUT2D eigenvalue weighted by molar-refractivity contribution is 5.91. The molecule has 0 spiro atoms. The molecule has 1 amide bonds. The van der Waals surface area contributed by atoms with Gasteiger partial charge in [-0.05, 0) is 17.7 Å². The highest BCUT2D eigenvalue weighted by atomic mass is 16.5. The van der Waals surface area contributed by atoms with Gasteiger partial charge < -0.3 is 10.2 Å². The number of nitrogens with zero attached hydrogens (tertiary/aromatic N) is 1. The normalized spacial score (nSPS) is 19.0. The van der Waals surface area contributed by atoms with Crippen LogP contribution >= 0.6 is 0 Å². The van der Waals surface area contributed by atoms with Crippen LogP contribution in [0, 0.1) is 0 Å². The van der Waals surface area contributed by atoms with Gasteiger partial charge in [0.2, 0.25) is 0 Å². The molecule has 0 aromatic heterocycles. The molecule has 0 bridgehead atoms. The highest BCUT2D eigenvalue weighted by Crippen LogP contribution is 2.13. The van der Waals surface area contributed by atoms with Crippen LogP contribution in [-0.2, 0) is 16.0 Å². The molecule has 1 heterocycles. The van der Waals surface area contributed by atoms with Gasteiger partial charge in [0.1, 0.15) is 0 Å². The lowest BCUT2D eigenvalue weighted by Crippen LogP contribution is -2.19. The number of anilines is 1. The number of rotatable bonds is 3. The fraction of sp³-hybridized carbons (Fsp3) is 0.200. The van der Waals surface area contributed by atoms with Crippen LogP contribution in [0.1, 0.15) is 5.56 Å². The van der Waals surface area contributed by atoms with Crippen molar-refractivity contribution in [3.8, 4) is 0 Å². The number of aliphatic imine (C=N–C) groups is 1. The van der Waals surface area contributed by atoms with Gasteiger partial charge in [-0.3, -0.25) is 10.6 Å². The maximum Gasteiger partial charge on any atom is 0.289 e. The molecule has 0 aliphatic carbocycles. The molecule has 2 rings (SSSR count). The molecular formula is C10H11N3O2. The number of nitrogens with one attached hydrogen (secondary N) is 1. The number of nitrogen functional groups attached to an aromatic ring is 1. The van der Waals surface area contributed by atoms with Crippen molar-refractivity contribution in [1.82, 2.24) is 0 Å². The van der Waals surface area contributed by atoms with Gasteiger partial charge in [-0.2, -0.15) is 4.99 Å². The van der Waals surface area contributed by atoms with Crippen LogP contribution in [0.4, 0.5) is 5.69 Å². The molecule has 1 unspecified atom stereocenters. The van der Waals surface area contributed by atoms with E-state index in [1.165, 1.54) is 6.40 Å². The summed E-state index contributed by atoms with van der Waals surface area (Å²) in [5.41, 5.74) is 4.37. The molecule has 5 heteroatoms. The first-order valence-electron chi connectivity index (χ1n) is 4.57. The van der Waals surface area contributed by atoms with Crippen LogP contribution in [0.25, 0.3) is 0 Å². The van der Waals surface area contributed by atoms with E-state index in [-0.39, 0.29) is 5.91 Å². The van der Waals surface area contributed by atoms with Crippen LogP contribution in [0.5, 0.6) is 0 Å². The van der Waals surface area contributed by atoms with Crippen LogP contribution in [0.3, 0.4) is 0 Å². The van der Waals surface area contributed by atoms with Crippen LogP contribution < -0.4 is 11.3 Å². The molecule has 0 saturated carbocycles. The van der Waals surface area contributed by atoms with Crippen LogP contribution in [0.2, 0.25) is 0 Å². The number of amides is 1. The maximum atomic E-state index is 11.1. The Hall–Kier alpha value is -1.88. The van der Waals surface area contributed by atoms with Gasteiger partial charge in [-0.1, -0.05) is 12.1 Å². The summed E-state index contributed by atoms with van der Waals surface area (Å²) >= 11 is 0. The van der Waals surface area contributed by atoms with Crippen molar-refractivity contribution >= 4 is 18.0 Å². The minimum Gasteiger partial charge on any atom is -0.470 e. The van der Waals surface area contributed by atoms with E-state index in [9.17, 15) is 4.79 Å². The van der Waals surface area contributed by atoms with Gasteiger partial charge >= 0.3 is 0 Å². The van der Waals surface area contributed by atoms with Crippen molar-refractivity contribution in [1.29, 1.82) is 0 Å². The molecule has 78 valence electrons. The summed E-state index contributed by atoms with van der Waals surface area (Å²) in [6.07, 6.45) is 1.26. The maximum absolute atomic E-state index is 11.1. The lowest BCUT2D eigenvalue weighted by Gasteiger charge is -2.07. The summed E-state index contributed by atoms with van der Waals surface area (Å²) in [4.78, 5) is 14.7. The second-order valence-electron chi connectivity index (χ2n) is 3.24. The number of ether oxygens (including phenoxy) is 1. The summed E-state index contributed by atoms with van der Waals surface area (Å²) in [7, 11) is 0. The zero-order valence-corrected chi connectivity index (χ0v) is 8.01. The summed E-state index contributed by atoms with van der Waals surface area (Å²) in [6.45, 7) is 0. The van der Waals surface area contributed by atoms with Crippen LogP contribution in [0.15, 0.2) is 29.3 Å². The van der Waals surface area contributed by atoms with E-state index in [2.05, 4.69) is 10.4 Å². The quantitative estimate of drug-likeness (QED) is 0.555. The molecule has 1 aromatic carbocycles. The van der Waals surface area contributed by atoms with Gasteiger partial charge in [0.15, 0.2) is 12.5 Å². The SMILES string of the molecule is NNc1ccc(CC2OC=NC2=O)cc1. The minimum absolute atomic E-state index is 0.226. The number of benzene rings is 1. The van der Waals surface area contributed by atoms with Gasteiger partial charge in [-0.15, -0.1) is 0 Å². The largest absolute Gasteiger partial charge is 0.470 e. The second kappa shape index (κ2) is 4.10. The number of carbonyl (C=O) groups excluding carboxylic acids is 1.